The van der Waals surface area contributed by atoms with E-state index in [2.05, 4.69) is 14.5 Å². The minimum absolute atomic E-state index is 0.449. The van der Waals surface area contributed by atoms with E-state index in [0.29, 0.717) is 6.07 Å². The van der Waals surface area contributed by atoms with Crippen LogP contribution in [0.1, 0.15) is 16.1 Å². The smallest absolute Gasteiger partial charge is 0.463 e. The zero-order chi connectivity index (χ0) is 14.8. The predicted octanol–water partition coefficient (Wildman–Crippen LogP) is 1.98. The Hall–Kier alpha value is -2.39. The second kappa shape index (κ2) is 5.08. The van der Waals surface area contributed by atoms with Gasteiger partial charge in [-0.2, -0.15) is 0 Å². The maximum Gasteiger partial charge on any atom is 0.573 e. The highest BCUT2D eigenvalue weighted by atomic mass is 19.4. The zero-order valence-electron chi connectivity index (χ0n) is 9.65. The van der Waals surface area contributed by atoms with Crippen molar-refractivity contribution < 1.29 is 32.4 Å². The largest absolute Gasteiger partial charge is 0.573 e. The van der Waals surface area contributed by atoms with Crippen molar-refractivity contribution in [1.82, 2.24) is 4.98 Å². The fourth-order valence-electron chi connectivity index (χ4n) is 1.19. The molecule has 0 aliphatic rings. The highest BCUT2D eigenvalue weighted by molar-refractivity contribution is 5.88. The summed E-state index contributed by atoms with van der Waals surface area (Å²) in [5, 5.41) is 10.7. The number of halogens is 3. The molecule has 19 heavy (non-hydrogen) atoms. The maximum absolute atomic E-state index is 12.1. The third-order valence-corrected chi connectivity index (χ3v) is 1.99. The Bertz CT molecular complexity index is 529. The van der Waals surface area contributed by atoms with E-state index >= 15 is 0 Å². The fraction of sp³-hybridized carbons (Fsp3) is 0.333. The normalized spacial score (nSPS) is 11.0. The number of hydrogen-bond acceptors (Lipinski definition) is 6. The Balaban J connectivity index is 3.40. The van der Waals surface area contributed by atoms with Gasteiger partial charge in [0.05, 0.1) is 12.7 Å². The van der Waals surface area contributed by atoms with Crippen molar-refractivity contribution in [2.75, 3.05) is 7.11 Å². The summed E-state index contributed by atoms with van der Waals surface area (Å²) < 4.78 is 44.3. The molecule has 0 amide bonds. The van der Waals surface area contributed by atoms with E-state index in [9.17, 15) is 28.1 Å². The van der Waals surface area contributed by atoms with E-state index < -0.39 is 40.1 Å². The number of pyridine rings is 1. The third kappa shape index (κ3) is 3.53. The summed E-state index contributed by atoms with van der Waals surface area (Å²) in [5.41, 5.74) is -1.10. The number of nitrogens with zero attached hydrogens (tertiary/aromatic N) is 2. The van der Waals surface area contributed by atoms with E-state index in [1.165, 1.54) is 0 Å². The van der Waals surface area contributed by atoms with Gasteiger partial charge in [0.15, 0.2) is 0 Å². The summed E-state index contributed by atoms with van der Waals surface area (Å²) in [6, 6.07) is 0.627. The van der Waals surface area contributed by atoms with Crippen LogP contribution in [0.2, 0.25) is 0 Å². The molecule has 0 unspecified atom stereocenters. The van der Waals surface area contributed by atoms with Crippen LogP contribution in [0.15, 0.2) is 6.07 Å². The first-order chi connectivity index (χ1) is 8.65. The van der Waals surface area contributed by atoms with Gasteiger partial charge in [0.25, 0.3) is 5.69 Å². The average Bonchev–Trinajstić information content (AvgIpc) is 2.28. The first-order valence-corrected chi connectivity index (χ1v) is 4.66. The number of rotatable bonds is 3. The van der Waals surface area contributed by atoms with Crippen LogP contribution in [0.25, 0.3) is 0 Å². The van der Waals surface area contributed by atoms with E-state index in [-0.39, 0.29) is 0 Å². The Morgan fingerprint density at radius 1 is 1.47 bits per heavy atom. The third-order valence-electron chi connectivity index (χ3n) is 1.99. The zero-order valence-corrected chi connectivity index (χ0v) is 9.65. The standard InChI is InChI=1S/C9H7F3N2O5/c1-4-6(19-9(10,11)12)3-5(8(15)18-2)13-7(4)14(16)17/h3H,1-2H3. The summed E-state index contributed by atoms with van der Waals surface area (Å²) in [6.45, 7) is 1.02. The molecule has 1 aromatic heterocycles. The van der Waals surface area contributed by atoms with Crippen molar-refractivity contribution >= 4 is 11.8 Å². The first kappa shape index (κ1) is 14.7. The first-order valence-electron chi connectivity index (χ1n) is 4.66. The molecule has 0 N–H and O–H groups in total. The van der Waals surface area contributed by atoms with Crippen molar-refractivity contribution in [2.45, 2.75) is 13.3 Å². The quantitative estimate of drug-likeness (QED) is 0.477. The van der Waals surface area contributed by atoms with Gasteiger partial charge in [-0.3, -0.25) is 0 Å². The van der Waals surface area contributed by atoms with Gasteiger partial charge in [-0.1, -0.05) is 0 Å². The van der Waals surface area contributed by atoms with Crippen LogP contribution in [0.4, 0.5) is 19.0 Å². The Kier molecular flexibility index (Phi) is 3.92. The van der Waals surface area contributed by atoms with Crippen molar-refractivity contribution in [3.8, 4) is 5.75 Å². The van der Waals surface area contributed by atoms with Crippen molar-refractivity contribution in [2.24, 2.45) is 0 Å². The molecule has 0 bridgehead atoms. The van der Waals surface area contributed by atoms with Crippen LogP contribution in [-0.4, -0.2) is 29.3 Å². The number of carbonyl (C=O) groups excluding carboxylic acids is 1. The van der Waals surface area contributed by atoms with Crippen LogP contribution in [0, 0.1) is 17.0 Å². The molecule has 1 heterocycles. The fourth-order valence-corrected chi connectivity index (χ4v) is 1.19. The number of hydrogen-bond donors (Lipinski definition) is 0. The molecule has 0 aromatic carbocycles. The summed E-state index contributed by atoms with van der Waals surface area (Å²) in [7, 11) is 0.958. The molecule has 0 fully saturated rings. The lowest BCUT2D eigenvalue weighted by atomic mass is 10.2. The van der Waals surface area contributed by atoms with Gasteiger partial charge in [0, 0.05) is 6.07 Å². The summed E-state index contributed by atoms with van der Waals surface area (Å²) in [4.78, 5) is 24.1. The molecule has 7 nitrogen and oxygen atoms in total. The molecule has 0 atom stereocenters. The maximum atomic E-state index is 12.1. The summed E-state index contributed by atoms with van der Waals surface area (Å²) in [5.74, 6) is -2.91. The van der Waals surface area contributed by atoms with Crippen molar-refractivity contribution in [1.29, 1.82) is 0 Å². The second-order valence-corrected chi connectivity index (χ2v) is 3.25. The molecule has 0 spiro atoms. The molecular weight excluding hydrogens is 273 g/mol. The molecule has 10 heteroatoms. The van der Waals surface area contributed by atoms with Gasteiger partial charge < -0.3 is 19.6 Å². The van der Waals surface area contributed by atoms with Crippen LogP contribution >= 0.6 is 0 Å². The number of methoxy groups -OCH3 is 1. The molecule has 1 aromatic rings. The highest BCUT2D eigenvalue weighted by Crippen LogP contribution is 2.31. The van der Waals surface area contributed by atoms with Gasteiger partial charge >= 0.3 is 18.1 Å². The predicted molar refractivity (Wildman–Crippen MR) is 53.7 cm³/mol. The number of ether oxygens (including phenoxy) is 2. The lowest BCUT2D eigenvalue weighted by Gasteiger charge is -2.11. The van der Waals surface area contributed by atoms with E-state index in [1.54, 1.807) is 0 Å². The topological polar surface area (TPSA) is 91.6 Å². The second-order valence-electron chi connectivity index (χ2n) is 3.25. The SMILES string of the molecule is COC(=O)c1cc(OC(F)(F)F)c(C)c([N+](=O)[O-])n1. The minimum atomic E-state index is -5.05. The van der Waals surface area contributed by atoms with Gasteiger partial charge in [-0.15, -0.1) is 13.2 Å². The number of esters is 1. The lowest BCUT2D eigenvalue weighted by Crippen LogP contribution is -2.19. The van der Waals surface area contributed by atoms with E-state index in [1.807, 2.05) is 0 Å². The monoisotopic (exact) mass is 280 g/mol. The minimum Gasteiger partial charge on any atom is -0.463 e. The summed E-state index contributed by atoms with van der Waals surface area (Å²) in [6.07, 6.45) is -5.05. The van der Waals surface area contributed by atoms with Crippen LogP contribution in [0.5, 0.6) is 5.75 Å². The number of nitro groups is 1. The molecule has 104 valence electrons. The Morgan fingerprint density at radius 2 is 2.05 bits per heavy atom. The molecule has 0 aliphatic carbocycles. The molecule has 0 saturated carbocycles. The molecule has 0 radical (unpaired) electrons. The lowest BCUT2D eigenvalue weighted by molar-refractivity contribution is -0.390. The summed E-state index contributed by atoms with van der Waals surface area (Å²) >= 11 is 0. The van der Waals surface area contributed by atoms with Crippen molar-refractivity contribution in [3.63, 3.8) is 0 Å². The number of alkyl halides is 3. The average molecular weight is 280 g/mol. The van der Waals surface area contributed by atoms with Gasteiger partial charge in [0.2, 0.25) is 0 Å². The molecule has 0 saturated heterocycles. The van der Waals surface area contributed by atoms with Gasteiger partial charge in [0.1, 0.15) is 5.75 Å². The van der Waals surface area contributed by atoms with E-state index in [4.69, 9.17) is 0 Å². The highest BCUT2D eigenvalue weighted by Gasteiger charge is 2.35. The molecular formula is C9H7F3N2O5. The van der Waals surface area contributed by atoms with Crippen LogP contribution in [-0.2, 0) is 4.74 Å². The van der Waals surface area contributed by atoms with E-state index in [0.717, 1.165) is 14.0 Å². The Morgan fingerprint density at radius 3 is 2.47 bits per heavy atom. The number of aromatic nitrogens is 1. The number of carbonyl (C=O) groups is 1. The van der Waals surface area contributed by atoms with Crippen molar-refractivity contribution in [3.05, 3.63) is 27.4 Å². The van der Waals surface area contributed by atoms with Crippen LogP contribution < -0.4 is 4.74 Å². The Labute approximate surface area is 104 Å². The van der Waals surface area contributed by atoms with Crippen LogP contribution in [0.3, 0.4) is 0 Å². The van der Waals surface area contributed by atoms with Gasteiger partial charge in [-0.25, -0.2) is 4.79 Å². The molecule has 0 aliphatic heterocycles. The molecule has 1 rings (SSSR count). The van der Waals surface area contributed by atoms with Gasteiger partial charge in [-0.05, 0) is 16.8 Å².